The fourth-order valence-corrected chi connectivity index (χ4v) is 3.65. The predicted molar refractivity (Wildman–Crippen MR) is 91.8 cm³/mol. The second-order valence-corrected chi connectivity index (χ2v) is 7.88. The van der Waals surface area contributed by atoms with E-state index in [9.17, 15) is 13.2 Å². The third-order valence-corrected chi connectivity index (χ3v) is 5.08. The van der Waals surface area contributed by atoms with Crippen molar-refractivity contribution in [3.05, 3.63) is 35.9 Å². The lowest BCUT2D eigenvalue weighted by Gasteiger charge is -2.20. The molecule has 2 atom stereocenters. The predicted octanol–water partition coefficient (Wildman–Crippen LogP) is -0.368. The van der Waals surface area contributed by atoms with Crippen molar-refractivity contribution in [2.45, 2.75) is 24.8 Å². The van der Waals surface area contributed by atoms with Crippen LogP contribution in [0.4, 0.5) is 0 Å². The summed E-state index contributed by atoms with van der Waals surface area (Å²) in [6.07, 6.45) is 0.349. The molecule has 1 aromatic rings. The molecule has 0 bridgehead atoms. The smallest absolute Gasteiger partial charge is 0.220 e. The van der Waals surface area contributed by atoms with Gasteiger partial charge in [0.1, 0.15) is 0 Å². The van der Waals surface area contributed by atoms with Gasteiger partial charge in [0.05, 0.1) is 12.4 Å². The van der Waals surface area contributed by atoms with E-state index < -0.39 is 10.0 Å². The van der Waals surface area contributed by atoms with Crippen LogP contribution in [0.15, 0.2) is 30.3 Å². The Morgan fingerprint density at radius 1 is 1.29 bits per heavy atom. The van der Waals surface area contributed by atoms with Gasteiger partial charge in [0.25, 0.3) is 0 Å². The first-order chi connectivity index (χ1) is 11.4. The summed E-state index contributed by atoms with van der Waals surface area (Å²) < 4.78 is 21.8. The van der Waals surface area contributed by atoms with Crippen molar-refractivity contribution in [3.63, 3.8) is 0 Å². The molecule has 7 nitrogen and oxygen atoms in total. The molecule has 0 saturated carbocycles. The van der Waals surface area contributed by atoms with Crippen molar-refractivity contribution in [2.75, 3.05) is 32.0 Å². The summed E-state index contributed by atoms with van der Waals surface area (Å²) in [5.41, 5.74) is 1.15. The molecule has 0 aromatic heterocycles. The normalized spacial score (nSPS) is 21.8. The highest BCUT2D eigenvalue weighted by molar-refractivity contribution is 7.89. The number of primary sulfonamides is 1. The lowest BCUT2D eigenvalue weighted by Crippen LogP contribution is -2.40. The molecule has 1 heterocycles. The van der Waals surface area contributed by atoms with Gasteiger partial charge in [-0.25, -0.2) is 13.6 Å². The minimum Gasteiger partial charge on any atom is -0.395 e. The average Bonchev–Trinajstić information content (AvgIpc) is 2.89. The SMILES string of the molecule is NS(=O)(=O)CCCC(=O)N[C@H]1CN(CCO)C[C@@H]1c1ccccc1. The molecule has 1 aliphatic rings. The van der Waals surface area contributed by atoms with Crippen LogP contribution in [0.1, 0.15) is 24.3 Å². The lowest BCUT2D eigenvalue weighted by atomic mass is 9.94. The molecular formula is C16H25N3O4S. The molecule has 0 aliphatic carbocycles. The minimum absolute atomic E-state index is 0.0547. The summed E-state index contributed by atoms with van der Waals surface area (Å²) in [6.45, 7) is 2.09. The molecule has 8 heteroatoms. The van der Waals surface area contributed by atoms with Crippen LogP contribution < -0.4 is 10.5 Å². The lowest BCUT2D eigenvalue weighted by molar-refractivity contribution is -0.121. The molecule has 134 valence electrons. The van der Waals surface area contributed by atoms with Crippen LogP contribution in [0.3, 0.4) is 0 Å². The van der Waals surface area contributed by atoms with Crippen LogP contribution >= 0.6 is 0 Å². The van der Waals surface area contributed by atoms with Crippen LogP contribution in [0.25, 0.3) is 0 Å². The van der Waals surface area contributed by atoms with E-state index in [2.05, 4.69) is 10.2 Å². The number of nitrogens with one attached hydrogen (secondary N) is 1. The minimum atomic E-state index is -3.53. The maximum atomic E-state index is 12.1. The fourth-order valence-electron chi connectivity index (χ4n) is 3.11. The number of carbonyl (C=O) groups is 1. The number of sulfonamides is 1. The zero-order valence-electron chi connectivity index (χ0n) is 13.6. The zero-order valence-corrected chi connectivity index (χ0v) is 14.4. The second kappa shape index (κ2) is 8.57. The van der Waals surface area contributed by atoms with Crippen molar-refractivity contribution < 1.29 is 18.3 Å². The first-order valence-electron chi connectivity index (χ1n) is 8.07. The van der Waals surface area contributed by atoms with Gasteiger partial charge in [-0.3, -0.25) is 9.69 Å². The highest BCUT2D eigenvalue weighted by Crippen LogP contribution is 2.27. The maximum absolute atomic E-state index is 12.1. The van der Waals surface area contributed by atoms with Crippen molar-refractivity contribution in [2.24, 2.45) is 5.14 Å². The Hall–Kier alpha value is -1.48. The van der Waals surface area contributed by atoms with E-state index in [1.807, 2.05) is 30.3 Å². The molecular weight excluding hydrogens is 330 g/mol. The van der Waals surface area contributed by atoms with Gasteiger partial charge in [0.2, 0.25) is 15.9 Å². The Labute approximate surface area is 142 Å². The van der Waals surface area contributed by atoms with Gasteiger partial charge in [-0.05, 0) is 12.0 Å². The zero-order chi connectivity index (χ0) is 17.6. The molecule has 4 N–H and O–H groups in total. The molecule has 1 aliphatic heterocycles. The van der Waals surface area contributed by atoms with Gasteiger partial charge in [-0.15, -0.1) is 0 Å². The van der Waals surface area contributed by atoms with Gasteiger partial charge >= 0.3 is 0 Å². The van der Waals surface area contributed by atoms with E-state index in [0.29, 0.717) is 13.1 Å². The number of amides is 1. The van der Waals surface area contributed by atoms with E-state index >= 15 is 0 Å². The summed E-state index contributed by atoms with van der Waals surface area (Å²) >= 11 is 0. The van der Waals surface area contributed by atoms with Crippen LogP contribution in [0, 0.1) is 0 Å². The number of carbonyl (C=O) groups excluding carboxylic acids is 1. The summed E-state index contributed by atoms with van der Waals surface area (Å²) in [6, 6.07) is 9.90. The number of β-amino-alcohol motifs (C(OH)–C–C–N with tert-alkyl or cyclic N) is 1. The molecule has 2 rings (SSSR count). The number of nitrogens with two attached hydrogens (primary N) is 1. The van der Waals surface area contributed by atoms with E-state index in [1.54, 1.807) is 0 Å². The summed E-state index contributed by atoms with van der Waals surface area (Å²) in [4.78, 5) is 14.2. The Bertz CT molecular complexity index is 636. The first-order valence-corrected chi connectivity index (χ1v) is 9.78. The van der Waals surface area contributed by atoms with E-state index in [-0.39, 0.29) is 43.1 Å². The van der Waals surface area contributed by atoms with Crippen molar-refractivity contribution in [3.8, 4) is 0 Å². The maximum Gasteiger partial charge on any atom is 0.220 e. The number of aliphatic hydroxyl groups is 1. The Morgan fingerprint density at radius 3 is 2.62 bits per heavy atom. The summed E-state index contributed by atoms with van der Waals surface area (Å²) in [5.74, 6) is -0.209. The molecule has 1 aromatic carbocycles. The van der Waals surface area contributed by atoms with Gasteiger partial charge < -0.3 is 10.4 Å². The Balaban J connectivity index is 1.96. The van der Waals surface area contributed by atoms with Crippen molar-refractivity contribution in [1.82, 2.24) is 10.2 Å². The van der Waals surface area contributed by atoms with Crippen LogP contribution in [0.2, 0.25) is 0 Å². The Kier molecular flexibility index (Phi) is 6.73. The number of rotatable bonds is 8. The third kappa shape index (κ3) is 5.86. The number of hydrogen-bond acceptors (Lipinski definition) is 5. The number of nitrogens with zero attached hydrogens (tertiary/aromatic N) is 1. The van der Waals surface area contributed by atoms with Gasteiger partial charge in [0, 0.05) is 38.0 Å². The number of likely N-dealkylation sites (tertiary alicyclic amines) is 1. The standard InChI is InChI=1S/C16H25N3O4S/c17-24(22,23)10-4-7-16(21)18-15-12-19(8-9-20)11-14(15)13-5-2-1-3-6-13/h1-3,5-6,14-15,20H,4,7-12H2,(H,18,21)(H2,17,22,23)/t14-,15+/m1/s1. The van der Waals surface area contributed by atoms with Crippen molar-refractivity contribution in [1.29, 1.82) is 0 Å². The Morgan fingerprint density at radius 2 is 2.00 bits per heavy atom. The highest BCUT2D eigenvalue weighted by Gasteiger charge is 2.34. The first kappa shape index (κ1) is 18.9. The summed E-state index contributed by atoms with van der Waals surface area (Å²) in [7, 11) is -3.53. The van der Waals surface area contributed by atoms with Gasteiger partial charge in [-0.1, -0.05) is 30.3 Å². The molecule has 24 heavy (non-hydrogen) atoms. The van der Waals surface area contributed by atoms with E-state index in [1.165, 1.54) is 0 Å². The third-order valence-electron chi connectivity index (χ3n) is 4.22. The number of hydrogen-bond donors (Lipinski definition) is 3. The van der Waals surface area contributed by atoms with Crippen molar-refractivity contribution >= 4 is 15.9 Å². The average molecular weight is 355 g/mol. The molecule has 0 spiro atoms. The van der Waals surface area contributed by atoms with Gasteiger partial charge in [-0.2, -0.15) is 0 Å². The second-order valence-electron chi connectivity index (χ2n) is 6.14. The number of aliphatic hydroxyl groups excluding tert-OH is 1. The quantitative estimate of drug-likeness (QED) is 0.589. The molecule has 1 fully saturated rings. The molecule has 1 saturated heterocycles. The fraction of sp³-hybridized carbons (Fsp3) is 0.562. The number of benzene rings is 1. The molecule has 0 radical (unpaired) electrons. The van der Waals surface area contributed by atoms with Crippen LogP contribution in [0.5, 0.6) is 0 Å². The largest absolute Gasteiger partial charge is 0.395 e. The summed E-state index contributed by atoms with van der Waals surface area (Å²) in [5, 5.41) is 17.1. The van der Waals surface area contributed by atoms with Crippen LogP contribution in [-0.2, 0) is 14.8 Å². The van der Waals surface area contributed by atoms with Gasteiger partial charge in [0.15, 0.2) is 0 Å². The monoisotopic (exact) mass is 355 g/mol. The highest BCUT2D eigenvalue weighted by atomic mass is 32.2. The van der Waals surface area contributed by atoms with Crippen LogP contribution in [-0.4, -0.2) is 62.4 Å². The topological polar surface area (TPSA) is 113 Å². The molecule has 1 amide bonds. The molecule has 0 unspecified atom stereocenters. The van der Waals surface area contributed by atoms with E-state index in [0.717, 1.165) is 12.1 Å². The van der Waals surface area contributed by atoms with E-state index in [4.69, 9.17) is 10.2 Å².